The van der Waals surface area contributed by atoms with Crippen LogP contribution < -0.4 is 5.32 Å². The highest BCUT2D eigenvalue weighted by atomic mass is 16.4. The Bertz CT molecular complexity index is 157. The van der Waals surface area contributed by atoms with Crippen LogP contribution in [-0.4, -0.2) is 24.2 Å². The molecule has 2 N–H and O–H groups in total. The van der Waals surface area contributed by atoms with E-state index in [-0.39, 0.29) is 17.9 Å². The fraction of sp³-hybridized carbons (Fsp3) is 0.900. The van der Waals surface area contributed by atoms with E-state index in [1.165, 1.54) is 0 Å². The topological polar surface area (TPSA) is 49.3 Å². The number of carbonyl (C=O) groups is 1. The summed E-state index contributed by atoms with van der Waals surface area (Å²) in [6.07, 6.45) is 1.94. The summed E-state index contributed by atoms with van der Waals surface area (Å²) < 4.78 is 0. The molecule has 78 valence electrons. The van der Waals surface area contributed by atoms with Crippen LogP contribution in [0.15, 0.2) is 0 Å². The third-order valence-corrected chi connectivity index (χ3v) is 2.41. The Morgan fingerprint density at radius 3 is 2.23 bits per heavy atom. The average molecular weight is 187 g/mol. The maximum Gasteiger partial charge on any atom is 0.308 e. The van der Waals surface area contributed by atoms with Crippen LogP contribution in [0.3, 0.4) is 0 Å². The van der Waals surface area contributed by atoms with Crippen molar-refractivity contribution in [1.29, 1.82) is 0 Å². The Morgan fingerprint density at radius 1 is 1.46 bits per heavy atom. The molecule has 0 fully saturated rings. The first-order valence-electron chi connectivity index (χ1n) is 4.94. The van der Waals surface area contributed by atoms with Crippen LogP contribution in [0.25, 0.3) is 0 Å². The van der Waals surface area contributed by atoms with Crippen LogP contribution in [-0.2, 0) is 4.79 Å². The van der Waals surface area contributed by atoms with Crippen molar-refractivity contribution in [2.75, 3.05) is 7.05 Å². The molecule has 0 bridgehead atoms. The van der Waals surface area contributed by atoms with Crippen molar-refractivity contribution in [1.82, 2.24) is 5.32 Å². The number of rotatable bonds is 6. The lowest BCUT2D eigenvalue weighted by Crippen LogP contribution is -2.40. The first-order valence-corrected chi connectivity index (χ1v) is 4.94. The van der Waals surface area contributed by atoms with Gasteiger partial charge in [-0.05, 0) is 19.4 Å². The Hall–Kier alpha value is -0.570. The minimum absolute atomic E-state index is 0.0995. The summed E-state index contributed by atoms with van der Waals surface area (Å²) in [7, 11) is 1.83. The number of nitrogens with one attached hydrogen (secondary N) is 1. The largest absolute Gasteiger partial charge is 0.481 e. The smallest absolute Gasteiger partial charge is 0.308 e. The normalized spacial score (nSPS) is 15.8. The van der Waals surface area contributed by atoms with Gasteiger partial charge in [0.2, 0.25) is 0 Å². The Balaban J connectivity index is 4.39. The molecule has 3 heteroatoms. The van der Waals surface area contributed by atoms with E-state index in [4.69, 9.17) is 5.11 Å². The van der Waals surface area contributed by atoms with Gasteiger partial charge in [0.15, 0.2) is 0 Å². The van der Waals surface area contributed by atoms with Crippen molar-refractivity contribution in [2.24, 2.45) is 11.8 Å². The first-order chi connectivity index (χ1) is 6.04. The van der Waals surface area contributed by atoms with Crippen LogP contribution in [0, 0.1) is 11.8 Å². The molecule has 0 radical (unpaired) electrons. The molecule has 0 aliphatic rings. The van der Waals surface area contributed by atoms with Crippen LogP contribution in [0.4, 0.5) is 0 Å². The van der Waals surface area contributed by atoms with Gasteiger partial charge in [-0.15, -0.1) is 0 Å². The molecule has 3 nitrogen and oxygen atoms in total. The highest BCUT2D eigenvalue weighted by molar-refractivity contribution is 5.71. The Kier molecular flexibility index (Phi) is 5.71. The van der Waals surface area contributed by atoms with Gasteiger partial charge in [-0.1, -0.05) is 27.2 Å². The fourth-order valence-corrected chi connectivity index (χ4v) is 1.74. The van der Waals surface area contributed by atoms with Crippen LogP contribution in [0.5, 0.6) is 0 Å². The lowest BCUT2D eigenvalue weighted by atomic mass is 9.86. The summed E-state index contributed by atoms with van der Waals surface area (Å²) in [5.41, 5.74) is 0. The van der Waals surface area contributed by atoms with Crippen LogP contribution >= 0.6 is 0 Å². The standard InChI is InChI=1S/C10H21NO2/c1-5-6-8(11-4)9(7(2)3)10(12)13/h7-9,11H,5-6H2,1-4H3,(H,12,13). The van der Waals surface area contributed by atoms with Gasteiger partial charge in [0.05, 0.1) is 5.92 Å². The molecule has 2 unspecified atom stereocenters. The minimum Gasteiger partial charge on any atom is -0.481 e. The zero-order valence-electron chi connectivity index (χ0n) is 9.00. The van der Waals surface area contributed by atoms with Crippen molar-refractivity contribution < 1.29 is 9.90 Å². The number of hydrogen-bond donors (Lipinski definition) is 2. The van der Waals surface area contributed by atoms with Gasteiger partial charge in [0, 0.05) is 6.04 Å². The zero-order valence-corrected chi connectivity index (χ0v) is 9.00. The highest BCUT2D eigenvalue weighted by Gasteiger charge is 2.28. The quantitative estimate of drug-likeness (QED) is 0.665. The molecule has 13 heavy (non-hydrogen) atoms. The van der Waals surface area contributed by atoms with Crippen molar-refractivity contribution in [3.8, 4) is 0 Å². The van der Waals surface area contributed by atoms with Gasteiger partial charge >= 0.3 is 5.97 Å². The summed E-state index contributed by atoms with van der Waals surface area (Å²) in [4.78, 5) is 11.0. The van der Waals surface area contributed by atoms with Crippen LogP contribution in [0.2, 0.25) is 0 Å². The van der Waals surface area contributed by atoms with E-state index >= 15 is 0 Å². The maximum absolute atomic E-state index is 11.0. The summed E-state index contributed by atoms with van der Waals surface area (Å²) in [6, 6.07) is 0.0995. The Labute approximate surface area is 80.5 Å². The Morgan fingerprint density at radius 2 is 2.00 bits per heavy atom. The number of aliphatic carboxylic acids is 1. The van der Waals surface area contributed by atoms with Crippen molar-refractivity contribution in [3.05, 3.63) is 0 Å². The third-order valence-electron chi connectivity index (χ3n) is 2.41. The SMILES string of the molecule is CCCC(NC)C(C(=O)O)C(C)C. The molecule has 0 saturated heterocycles. The predicted molar refractivity (Wildman–Crippen MR) is 53.7 cm³/mol. The molecule has 0 aromatic carbocycles. The maximum atomic E-state index is 11.0. The molecular formula is C10H21NO2. The second-order valence-corrected chi connectivity index (χ2v) is 3.79. The number of hydrogen-bond acceptors (Lipinski definition) is 2. The second kappa shape index (κ2) is 5.97. The molecule has 0 heterocycles. The van der Waals surface area contributed by atoms with E-state index in [1.807, 2.05) is 20.9 Å². The summed E-state index contributed by atoms with van der Waals surface area (Å²) >= 11 is 0. The first kappa shape index (κ1) is 12.4. The molecule has 0 aromatic rings. The molecule has 0 rings (SSSR count). The van der Waals surface area contributed by atoms with Gasteiger partial charge in [-0.2, -0.15) is 0 Å². The van der Waals surface area contributed by atoms with Gasteiger partial charge in [0.25, 0.3) is 0 Å². The van der Waals surface area contributed by atoms with E-state index < -0.39 is 5.97 Å². The minimum atomic E-state index is -0.692. The van der Waals surface area contributed by atoms with E-state index in [1.54, 1.807) is 0 Å². The molecule has 0 aromatic heterocycles. The van der Waals surface area contributed by atoms with E-state index in [0.717, 1.165) is 12.8 Å². The van der Waals surface area contributed by atoms with Crippen molar-refractivity contribution in [3.63, 3.8) is 0 Å². The molecular weight excluding hydrogens is 166 g/mol. The molecule has 0 aliphatic heterocycles. The van der Waals surface area contributed by atoms with E-state index in [9.17, 15) is 4.79 Å². The fourth-order valence-electron chi connectivity index (χ4n) is 1.74. The van der Waals surface area contributed by atoms with E-state index in [0.29, 0.717) is 0 Å². The summed E-state index contributed by atoms with van der Waals surface area (Å²) in [5, 5.41) is 12.1. The monoisotopic (exact) mass is 187 g/mol. The highest BCUT2D eigenvalue weighted by Crippen LogP contribution is 2.18. The zero-order chi connectivity index (χ0) is 10.4. The summed E-state index contributed by atoms with van der Waals surface area (Å²) in [5.74, 6) is -0.783. The van der Waals surface area contributed by atoms with Crippen LogP contribution in [0.1, 0.15) is 33.6 Å². The molecule has 2 atom stereocenters. The lowest BCUT2D eigenvalue weighted by molar-refractivity contribution is -0.144. The molecule has 0 aliphatic carbocycles. The number of carboxylic acid groups (broad SMARTS) is 1. The van der Waals surface area contributed by atoms with Crippen molar-refractivity contribution in [2.45, 2.75) is 39.7 Å². The molecule has 0 amide bonds. The molecule has 0 spiro atoms. The van der Waals surface area contributed by atoms with Gasteiger partial charge < -0.3 is 10.4 Å². The molecule has 0 saturated carbocycles. The van der Waals surface area contributed by atoms with Gasteiger partial charge in [0.1, 0.15) is 0 Å². The average Bonchev–Trinajstić information content (AvgIpc) is 2.02. The van der Waals surface area contributed by atoms with Gasteiger partial charge in [-0.25, -0.2) is 0 Å². The predicted octanol–water partition coefficient (Wildman–Crippen LogP) is 1.73. The van der Waals surface area contributed by atoms with Crippen molar-refractivity contribution >= 4 is 5.97 Å². The third kappa shape index (κ3) is 3.77. The van der Waals surface area contributed by atoms with E-state index in [2.05, 4.69) is 12.2 Å². The lowest BCUT2D eigenvalue weighted by Gasteiger charge is -2.26. The van der Waals surface area contributed by atoms with Gasteiger partial charge in [-0.3, -0.25) is 4.79 Å². The second-order valence-electron chi connectivity index (χ2n) is 3.79. The number of carboxylic acids is 1. The summed E-state index contributed by atoms with van der Waals surface area (Å²) in [6.45, 7) is 5.99.